The van der Waals surface area contributed by atoms with Crippen LogP contribution in [0.25, 0.3) is 0 Å². The second-order valence-electron chi connectivity index (χ2n) is 14.2. The fourth-order valence-electron chi connectivity index (χ4n) is 11.9. The molecule has 5 aliphatic carbocycles. The molecule has 1 aromatic carbocycles. The monoisotopic (exact) mass is 629 g/mol. The Morgan fingerprint density at radius 2 is 1.71 bits per heavy atom. The van der Waals surface area contributed by atoms with Gasteiger partial charge >= 0.3 is 11.9 Å². The minimum Gasteiger partial charge on any atom is -0.455 e. The third kappa shape index (κ3) is 3.56. The van der Waals surface area contributed by atoms with E-state index in [-0.39, 0.29) is 24.5 Å². The molecule has 5 unspecified atom stereocenters. The maximum atomic E-state index is 13.7. The van der Waals surface area contributed by atoms with Gasteiger partial charge in [-0.1, -0.05) is 18.2 Å². The standard InChI is InChI=1S/C33H43NO11/c1-16(35)34-14-30(15-41-3)12-11-20(37)32-19-13-31(40)27(44-29(39)18-9-7-6-8-10-18)21(19)33(45-17(2)36,26(38)28(31)43-5)22(25(32)34)23(42-4)24(30)32/h6-10,19-28,37-38,40H,11-15H2,1-5H3/t19-,20?,21-,22+,23?,24-,25-,26?,27?,28?,30+,31+,32+,33-/m1/s1. The maximum Gasteiger partial charge on any atom is 0.338 e. The molecule has 246 valence electrons. The molecule has 7 bridgehead atoms. The molecule has 6 aliphatic rings. The van der Waals surface area contributed by atoms with Crippen LogP contribution in [-0.4, -0.2) is 120 Å². The number of aliphatic hydroxyl groups is 3. The summed E-state index contributed by atoms with van der Waals surface area (Å²) in [5, 5.41) is 37.3. The normalized spacial score (nSPS) is 48.6. The summed E-state index contributed by atoms with van der Waals surface area (Å²) in [5.74, 6) is -4.49. The number of nitrogens with zero attached hydrogens (tertiary/aromatic N) is 1. The first-order valence-corrected chi connectivity index (χ1v) is 15.8. The number of piperidine rings is 1. The summed E-state index contributed by atoms with van der Waals surface area (Å²) in [6.45, 7) is 3.34. The molecule has 14 atom stereocenters. The number of carbonyl (C=O) groups excluding carboxylic acids is 3. The van der Waals surface area contributed by atoms with E-state index in [1.165, 1.54) is 21.0 Å². The van der Waals surface area contributed by atoms with Gasteiger partial charge in [0.1, 0.15) is 23.9 Å². The molecule has 12 nitrogen and oxygen atoms in total. The lowest BCUT2D eigenvalue weighted by molar-refractivity contribution is -0.314. The summed E-state index contributed by atoms with van der Waals surface area (Å²) in [6.07, 6.45) is -4.90. The number of hydrogen-bond acceptors (Lipinski definition) is 11. The van der Waals surface area contributed by atoms with Crippen molar-refractivity contribution < 1.29 is 53.4 Å². The average Bonchev–Trinajstić information content (AvgIpc) is 3.38. The first-order valence-electron chi connectivity index (χ1n) is 15.8. The van der Waals surface area contributed by atoms with Crippen LogP contribution >= 0.6 is 0 Å². The molecule has 5 saturated carbocycles. The van der Waals surface area contributed by atoms with Crippen LogP contribution in [0.3, 0.4) is 0 Å². The van der Waals surface area contributed by atoms with Gasteiger partial charge in [-0.3, -0.25) is 9.59 Å². The van der Waals surface area contributed by atoms with Crippen LogP contribution in [0.2, 0.25) is 0 Å². The maximum absolute atomic E-state index is 13.7. The molecule has 7 rings (SSSR count). The Morgan fingerprint density at radius 1 is 1.00 bits per heavy atom. The van der Waals surface area contributed by atoms with E-state index in [2.05, 4.69) is 0 Å². The molecule has 0 aromatic heterocycles. The molecule has 1 aromatic rings. The number of carbonyl (C=O) groups is 3. The van der Waals surface area contributed by atoms with E-state index in [1.54, 1.807) is 49.5 Å². The highest BCUT2D eigenvalue weighted by atomic mass is 16.6. The quantitative estimate of drug-likeness (QED) is 0.361. The van der Waals surface area contributed by atoms with Gasteiger partial charge in [0.2, 0.25) is 5.91 Å². The van der Waals surface area contributed by atoms with E-state index in [4.69, 9.17) is 23.7 Å². The molecule has 1 saturated heterocycles. The van der Waals surface area contributed by atoms with Crippen molar-refractivity contribution in [3.05, 3.63) is 35.9 Å². The number of benzene rings is 1. The summed E-state index contributed by atoms with van der Waals surface area (Å²) in [4.78, 5) is 42.2. The van der Waals surface area contributed by atoms with E-state index in [0.29, 0.717) is 19.4 Å². The van der Waals surface area contributed by atoms with Gasteiger partial charge in [-0.15, -0.1) is 0 Å². The molecule has 1 heterocycles. The predicted molar refractivity (Wildman–Crippen MR) is 154 cm³/mol. The summed E-state index contributed by atoms with van der Waals surface area (Å²) in [6, 6.07) is 7.65. The van der Waals surface area contributed by atoms with Gasteiger partial charge in [-0.05, 0) is 37.3 Å². The zero-order chi connectivity index (χ0) is 32.3. The average molecular weight is 630 g/mol. The lowest BCUT2D eigenvalue weighted by Gasteiger charge is -2.69. The number of rotatable bonds is 7. The van der Waals surface area contributed by atoms with Gasteiger partial charge in [0.25, 0.3) is 0 Å². The molecule has 1 spiro atoms. The van der Waals surface area contributed by atoms with Crippen LogP contribution in [0.4, 0.5) is 0 Å². The fourth-order valence-corrected chi connectivity index (χ4v) is 11.9. The highest BCUT2D eigenvalue weighted by Crippen LogP contribution is 2.80. The summed E-state index contributed by atoms with van der Waals surface area (Å²) in [5.41, 5.74) is -5.16. The minimum atomic E-state index is -1.91. The molecule has 45 heavy (non-hydrogen) atoms. The topological polar surface area (TPSA) is 161 Å². The molecule has 12 heteroatoms. The van der Waals surface area contributed by atoms with E-state index >= 15 is 0 Å². The smallest absolute Gasteiger partial charge is 0.338 e. The molecule has 1 amide bonds. The summed E-state index contributed by atoms with van der Waals surface area (Å²) < 4.78 is 30.6. The highest BCUT2D eigenvalue weighted by Gasteiger charge is 2.91. The van der Waals surface area contributed by atoms with Gasteiger partial charge in [0, 0.05) is 76.3 Å². The van der Waals surface area contributed by atoms with E-state index in [9.17, 15) is 29.7 Å². The van der Waals surface area contributed by atoms with Crippen LogP contribution in [-0.2, 0) is 33.3 Å². The highest BCUT2D eigenvalue weighted by molar-refractivity contribution is 5.89. The molecule has 6 fully saturated rings. The Balaban J connectivity index is 1.52. The predicted octanol–water partition coefficient (Wildman–Crippen LogP) is 0.550. The third-order valence-electron chi connectivity index (χ3n) is 12.7. The number of esters is 2. The van der Waals surface area contributed by atoms with Crippen molar-refractivity contribution in [1.29, 1.82) is 0 Å². The number of amides is 1. The van der Waals surface area contributed by atoms with E-state index in [1.807, 2.05) is 0 Å². The molecular weight excluding hydrogens is 586 g/mol. The van der Waals surface area contributed by atoms with Crippen molar-refractivity contribution in [3.63, 3.8) is 0 Å². The number of likely N-dealkylation sites (tertiary alicyclic amines) is 1. The van der Waals surface area contributed by atoms with Gasteiger partial charge in [0.05, 0.1) is 24.4 Å². The summed E-state index contributed by atoms with van der Waals surface area (Å²) in [7, 11) is 4.51. The second-order valence-corrected chi connectivity index (χ2v) is 14.2. The molecule has 0 radical (unpaired) electrons. The zero-order valence-corrected chi connectivity index (χ0v) is 26.3. The molecule has 3 N–H and O–H groups in total. The lowest BCUT2D eigenvalue weighted by atomic mass is 9.43. The first-order chi connectivity index (χ1) is 21.4. The van der Waals surface area contributed by atoms with Gasteiger partial charge in [-0.25, -0.2) is 4.79 Å². The fraction of sp³-hybridized carbons (Fsp3) is 0.727. The van der Waals surface area contributed by atoms with Crippen molar-refractivity contribution in [2.24, 2.45) is 34.5 Å². The van der Waals surface area contributed by atoms with Crippen molar-refractivity contribution in [2.45, 2.75) is 80.9 Å². The van der Waals surface area contributed by atoms with Gasteiger partial charge < -0.3 is 43.9 Å². The van der Waals surface area contributed by atoms with Crippen molar-refractivity contribution >= 4 is 17.8 Å². The van der Waals surface area contributed by atoms with Crippen LogP contribution in [0.1, 0.15) is 43.5 Å². The Hall–Kier alpha value is -2.61. The SMILES string of the molecule is COC[C@@]12CCC(O)[C@@]34[C@@H]5C[C@@]6(O)C(OC)C(O)[C@@](OC(C)=O)([C@H]5C6OC(=O)c5ccccc5)[C@@H](C(OC)[C@H]13)[C@H]4N(C(C)=O)C2. The number of aliphatic hydroxyl groups excluding tert-OH is 2. The Bertz CT molecular complexity index is 1390. The van der Waals surface area contributed by atoms with Gasteiger partial charge in [0.15, 0.2) is 5.60 Å². The first kappa shape index (κ1) is 31.0. The third-order valence-corrected chi connectivity index (χ3v) is 12.7. The van der Waals surface area contributed by atoms with Crippen LogP contribution in [0, 0.1) is 34.5 Å². The largest absolute Gasteiger partial charge is 0.455 e. The summed E-state index contributed by atoms with van der Waals surface area (Å²) >= 11 is 0. The van der Waals surface area contributed by atoms with E-state index in [0.717, 1.165) is 0 Å². The minimum absolute atomic E-state index is 0.0367. The van der Waals surface area contributed by atoms with Crippen LogP contribution in [0.5, 0.6) is 0 Å². The number of hydrogen-bond donors (Lipinski definition) is 3. The van der Waals surface area contributed by atoms with Crippen molar-refractivity contribution in [1.82, 2.24) is 4.90 Å². The molecule has 1 aliphatic heterocycles. The molecular formula is C33H43NO11. The van der Waals surface area contributed by atoms with Crippen molar-refractivity contribution in [2.75, 3.05) is 34.5 Å². The zero-order valence-electron chi connectivity index (χ0n) is 26.3. The van der Waals surface area contributed by atoms with Gasteiger partial charge in [-0.2, -0.15) is 0 Å². The van der Waals surface area contributed by atoms with Crippen LogP contribution in [0.15, 0.2) is 30.3 Å². The number of fused-ring (bicyclic) bond motifs is 2. The number of ether oxygens (including phenoxy) is 5. The van der Waals surface area contributed by atoms with Crippen LogP contribution < -0.4 is 0 Å². The Morgan fingerprint density at radius 3 is 2.31 bits per heavy atom. The van der Waals surface area contributed by atoms with Crippen molar-refractivity contribution in [3.8, 4) is 0 Å². The Kier molecular flexibility index (Phi) is 7.02. The lowest BCUT2D eigenvalue weighted by Crippen LogP contribution is -2.81. The van der Waals surface area contributed by atoms with E-state index < -0.39 is 94.2 Å². The second kappa shape index (κ2) is 10.2. The number of methoxy groups -OCH3 is 3. The Labute approximate surface area is 261 Å².